The van der Waals surface area contributed by atoms with Gasteiger partial charge >= 0.3 is 0 Å². The van der Waals surface area contributed by atoms with E-state index in [1.165, 1.54) is 13.4 Å². The Hall–Kier alpha value is -2.68. The van der Waals surface area contributed by atoms with Gasteiger partial charge in [0.2, 0.25) is 5.88 Å². The highest BCUT2D eigenvalue weighted by molar-refractivity contribution is 6.32. The zero-order valence-electron chi connectivity index (χ0n) is 16.5. The maximum atomic E-state index is 6.31. The van der Waals surface area contributed by atoms with Crippen molar-refractivity contribution in [1.29, 1.82) is 0 Å². The first-order chi connectivity index (χ1) is 14.0. The van der Waals surface area contributed by atoms with Crippen LogP contribution in [0.3, 0.4) is 0 Å². The van der Waals surface area contributed by atoms with E-state index in [2.05, 4.69) is 21.6 Å². The summed E-state index contributed by atoms with van der Waals surface area (Å²) in [4.78, 5) is 8.60. The van der Waals surface area contributed by atoms with Gasteiger partial charge in [0.15, 0.2) is 11.8 Å². The molecule has 154 valence electrons. The Kier molecular flexibility index (Phi) is 7.03. The van der Waals surface area contributed by atoms with Gasteiger partial charge in [-0.2, -0.15) is 5.10 Å². The largest absolute Gasteiger partial charge is 0.498 e. The molecule has 0 aliphatic heterocycles. The van der Waals surface area contributed by atoms with Gasteiger partial charge in [0, 0.05) is 7.11 Å². The highest BCUT2D eigenvalue weighted by Crippen LogP contribution is 2.27. The topological polar surface area (TPSA) is 80.5 Å². The number of halogens is 1. The summed E-state index contributed by atoms with van der Waals surface area (Å²) in [6.45, 7) is 6.50. The lowest BCUT2D eigenvalue weighted by molar-refractivity contribution is -0.0273. The predicted molar refractivity (Wildman–Crippen MR) is 110 cm³/mol. The van der Waals surface area contributed by atoms with Crippen LogP contribution in [0.1, 0.15) is 6.92 Å². The smallest absolute Gasteiger partial charge is 0.228 e. The number of hydrogen-bond donors (Lipinski definition) is 0. The van der Waals surface area contributed by atoms with Crippen molar-refractivity contribution >= 4 is 22.6 Å². The van der Waals surface area contributed by atoms with Crippen molar-refractivity contribution in [3.05, 3.63) is 54.2 Å². The summed E-state index contributed by atoms with van der Waals surface area (Å²) in [6.07, 6.45) is 2.37. The molecule has 0 saturated carbocycles. The van der Waals surface area contributed by atoms with Gasteiger partial charge in [-0.1, -0.05) is 30.3 Å². The molecule has 8 nitrogen and oxygen atoms in total. The lowest BCUT2D eigenvalue weighted by atomic mass is 10.3. The Morgan fingerprint density at radius 2 is 2.00 bits per heavy atom. The third-order valence-electron chi connectivity index (χ3n) is 4.22. The third kappa shape index (κ3) is 4.84. The summed E-state index contributed by atoms with van der Waals surface area (Å²) in [7, 11) is 3.15. The van der Waals surface area contributed by atoms with Gasteiger partial charge in [0.1, 0.15) is 17.5 Å². The van der Waals surface area contributed by atoms with Crippen LogP contribution in [-0.4, -0.2) is 59.4 Å². The number of aromatic nitrogens is 4. The second kappa shape index (κ2) is 9.69. The molecule has 2 aromatic heterocycles. The summed E-state index contributed by atoms with van der Waals surface area (Å²) >= 11 is 6.31. The van der Waals surface area contributed by atoms with Crippen molar-refractivity contribution in [2.24, 2.45) is 0 Å². The average molecular weight is 419 g/mol. The van der Waals surface area contributed by atoms with E-state index in [-0.39, 0.29) is 12.7 Å². The minimum atomic E-state index is -0.568. The summed E-state index contributed by atoms with van der Waals surface area (Å²) in [6, 6.07) is 7.38. The fraction of sp³-hybridized carbons (Fsp3) is 0.350. The lowest BCUT2D eigenvalue weighted by Gasteiger charge is -2.22. The van der Waals surface area contributed by atoms with Crippen molar-refractivity contribution < 1.29 is 18.9 Å². The molecule has 0 fully saturated rings. The van der Waals surface area contributed by atoms with E-state index in [1.807, 2.05) is 25.1 Å². The third-order valence-corrected chi connectivity index (χ3v) is 4.54. The Labute approximate surface area is 174 Å². The van der Waals surface area contributed by atoms with Crippen LogP contribution >= 0.6 is 11.6 Å². The molecule has 0 unspecified atom stereocenters. The molecule has 0 amide bonds. The number of fused-ring (bicyclic) bond motifs is 1. The highest BCUT2D eigenvalue weighted by atomic mass is 35.5. The summed E-state index contributed by atoms with van der Waals surface area (Å²) in [5.41, 5.74) is 1.28. The number of benzene rings is 1. The Bertz CT molecular complexity index is 978. The van der Waals surface area contributed by atoms with Crippen molar-refractivity contribution in [2.75, 3.05) is 27.4 Å². The number of rotatable bonds is 10. The predicted octanol–water partition coefficient (Wildman–Crippen LogP) is 3.43. The van der Waals surface area contributed by atoms with Crippen LogP contribution in [0.2, 0.25) is 5.02 Å². The molecule has 3 rings (SSSR count). The van der Waals surface area contributed by atoms with E-state index in [4.69, 9.17) is 30.5 Å². The average Bonchev–Trinajstić information content (AvgIpc) is 3.16. The normalized spacial score (nSPS) is 13.2. The minimum Gasteiger partial charge on any atom is -0.498 e. The maximum absolute atomic E-state index is 6.31. The molecule has 3 aromatic rings. The van der Waals surface area contributed by atoms with Crippen molar-refractivity contribution in [2.45, 2.75) is 19.1 Å². The van der Waals surface area contributed by atoms with Crippen LogP contribution in [-0.2, 0) is 14.2 Å². The molecule has 29 heavy (non-hydrogen) atoms. The SMILES string of the molecule is C=C(OC)[C@H](CO[C@H](C)COC)Oc1ncnc2c1cnn2-c1ccccc1Cl. The first-order valence-corrected chi connectivity index (χ1v) is 9.36. The summed E-state index contributed by atoms with van der Waals surface area (Å²) in [5.74, 6) is 0.763. The van der Waals surface area contributed by atoms with E-state index in [9.17, 15) is 0 Å². The molecular formula is C20H23ClN4O4. The van der Waals surface area contributed by atoms with Gasteiger partial charge in [-0.25, -0.2) is 14.6 Å². The number of para-hydroxylation sites is 1. The van der Waals surface area contributed by atoms with Crippen LogP contribution in [0.25, 0.3) is 16.7 Å². The molecule has 2 atom stereocenters. The Balaban J connectivity index is 1.88. The maximum Gasteiger partial charge on any atom is 0.228 e. The fourth-order valence-corrected chi connectivity index (χ4v) is 2.93. The van der Waals surface area contributed by atoms with E-state index in [0.717, 1.165) is 0 Å². The Morgan fingerprint density at radius 3 is 2.72 bits per heavy atom. The first-order valence-electron chi connectivity index (χ1n) is 8.98. The zero-order chi connectivity index (χ0) is 20.8. The van der Waals surface area contributed by atoms with Crippen LogP contribution in [0.4, 0.5) is 0 Å². The quantitative estimate of drug-likeness (QED) is 0.466. The summed E-state index contributed by atoms with van der Waals surface area (Å²) in [5, 5.41) is 5.60. The summed E-state index contributed by atoms with van der Waals surface area (Å²) < 4.78 is 23.8. The van der Waals surface area contributed by atoms with Gasteiger partial charge < -0.3 is 18.9 Å². The molecule has 1 aromatic carbocycles. The van der Waals surface area contributed by atoms with Crippen LogP contribution in [0.5, 0.6) is 5.88 Å². The van der Waals surface area contributed by atoms with Crippen LogP contribution in [0, 0.1) is 0 Å². The van der Waals surface area contributed by atoms with Gasteiger partial charge in [0.25, 0.3) is 0 Å². The molecule has 0 saturated heterocycles. The zero-order valence-corrected chi connectivity index (χ0v) is 17.3. The van der Waals surface area contributed by atoms with E-state index >= 15 is 0 Å². The molecule has 0 aliphatic rings. The molecular weight excluding hydrogens is 396 g/mol. The van der Waals surface area contributed by atoms with Gasteiger partial charge in [0.05, 0.1) is 43.3 Å². The number of methoxy groups -OCH3 is 2. The number of nitrogens with zero attached hydrogens (tertiary/aromatic N) is 4. The molecule has 2 heterocycles. The van der Waals surface area contributed by atoms with Crippen LogP contribution < -0.4 is 4.74 Å². The van der Waals surface area contributed by atoms with Gasteiger partial charge in [-0.05, 0) is 19.1 Å². The van der Waals surface area contributed by atoms with Gasteiger partial charge in [-0.15, -0.1) is 0 Å². The van der Waals surface area contributed by atoms with E-state index in [1.54, 1.807) is 24.1 Å². The fourth-order valence-electron chi connectivity index (χ4n) is 2.71. The standard InChI is InChI=1S/C20H23ClN4O4/c1-13(10-26-3)28-11-18(14(2)27-4)29-20-15-9-24-25(19(15)22-12-23-20)17-8-6-5-7-16(17)21/h5-9,12-13,18H,2,10-11H2,1,3-4H3/t13-,18+/m1/s1. The van der Waals surface area contributed by atoms with Crippen molar-refractivity contribution in [3.8, 4) is 11.6 Å². The monoisotopic (exact) mass is 418 g/mol. The minimum absolute atomic E-state index is 0.107. The van der Waals surface area contributed by atoms with Crippen LogP contribution in [0.15, 0.2) is 49.1 Å². The molecule has 9 heteroatoms. The second-order valence-electron chi connectivity index (χ2n) is 6.30. The van der Waals surface area contributed by atoms with Gasteiger partial charge in [-0.3, -0.25) is 0 Å². The van der Waals surface area contributed by atoms with Crippen molar-refractivity contribution in [1.82, 2.24) is 19.7 Å². The lowest BCUT2D eigenvalue weighted by Crippen LogP contribution is -2.29. The molecule has 0 bridgehead atoms. The van der Waals surface area contributed by atoms with Crippen molar-refractivity contribution in [3.63, 3.8) is 0 Å². The van der Waals surface area contributed by atoms with E-state index < -0.39 is 6.10 Å². The molecule has 0 radical (unpaired) electrons. The molecule has 0 aliphatic carbocycles. The highest BCUT2D eigenvalue weighted by Gasteiger charge is 2.21. The second-order valence-corrected chi connectivity index (χ2v) is 6.71. The Morgan fingerprint density at radius 1 is 1.21 bits per heavy atom. The molecule has 0 N–H and O–H groups in total. The number of ether oxygens (including phenoxy) is 4. The van der Waals surface area contributed by atoms with E-state index in [0.29, 0.717) is 40.0 Å². The molecule has 0 spiro atoms. The first kappa shape index (κ1) is 21.0. The number of hydrogen-bond acceptors (Lipinski definition) is 7.